The van der Waals surface area contributed by atoms with E-state index in [9.17, 15) is 8.42 Å². The summed E-state index contributed by atoms with van der Waals surface area (Å²) in [5.74, 6) is 0.899. The second-order valence-electron chi connectivity index (χ2n) is 7.66. The minimum absolute atomic E-state index is 0.378. The molecular formula is C20H28N4O2S2. The van der Waals surface area contributed by atoms with Crippen molar-refractivity contribution >= 4 is 37.3 Å². The average molecular weight is 421 g/mol. The van der Waals surface area contributed by atoms with E-state index in [0.717, 1.165) is 61.3 Å². The van der Waals surface area contributed by atoms with E-state index in [-0.39, 0.29) is 0 Å². The molecule has 8 heteroatoms. The molecule has 1 aliphatic carbocycles. The smallest absolute Gasteiger partial charge is 0.250 e. The first-order valence-corrected chi connectivity index (χ1v) is 12.3. The van der Waals surface area contributed by atoms with Crippen LogP contribution in [0.4, 0.5) is 5.82 Å². The van der Waals surface area contributed by atoms with E-state index in [1.54, 1.807) is 12.3 Å². The summed E-state index contributed by atoms with van der Waals surface area (Å²) in [7, 11) is -1.37. The third kappa shape index (κ3) is 4.40. The van der Waals surface area contributed by atoms with Crippen LogP contribution in [-0.2, 0) is 10.0 Å². The molecule has 2 aromatic rings. The Labute approximate surface area is 171 Å². The highest BCUT2D eigenvalue weighted by atomic mass is 32.2. The number of sulfonamides is 1. The molecule has 152 valence electrons. The fourth-order valence-corrected chi connectivity index (χ4v) is 6.33. The third-order valence-electron chi connectivity index (χ3n) is 5.59. The number of likely N-dealkylation sites (N-methyl/N-ethyl adjacent to an activating group) is 1. The van der Waals surface area contributed by atoms with Gasteiger partial charge in [0, 0.05) is 49.0 Å². The van der Waals surface area contributed by atoms with Crippen LogP contribution in [0.2, 0.25) is 0 Å². The molecule has 1 aliphatic heterocycles. The molecule has 2 aromatic heterocycles. The third-order valence-corrected chi connectivity index (χ3v) is 8.63. The Kier molecular flexibility index (Phi) is 6.01. The molecule has 0 unspecified atom stereocenters. The van der Waals surface area contributed by atoms with Crippen molar-refractivity contribution in [3.63, 3.8) is 0 Å². The van der Waals surface area contributed by atoms with Gasteiger partial charge in [-0.25, -0.2) is 18.1 Å². The number of pyridine rings is 1. The topological polar surface area (TPSA) is 65.5 Å². The fraction of sp³-hybridized carbons (Fsp3) is 0.550. The lowest BCUT2D eigenvalue weighted by atomic mass is 9.97. The Morgan fingerprint density at radius 3 is 2.79 bits per heavy atom. The molecule has 1 fully saturated rings. The molecule has 6 nitrogen and oxygen atoms in total. The summed E-state index contributed by atoms with van der Waals surface area (Å²) < 4.78 is 29.8. The predicted molar refractivity (Wildman–Crippen MR) is 116 cm³/mol. The van der Waals surface area contributed by atoms with Gasteiger partial charge in [0.1, 0.15) is 10.0 Å². The number of anilines is 1. The molecule has 28 heavy (non-hydrogen) atoms. The van der Waals surface area contributed by atoms with Gasteiger partial charge in [-0.15, -0.1) is 11.3 Å². The molecule has 1 saturated heterocycles. The number of hydrogen-bond donors (Lipinski definition) is 1. The highest BCUT2D eigenvalue weighted by molar-refractivity contribution is 7.91. The van der Waals surface area contributed by atoms with Crippen LogP contribution in [0.5, 0.6) is 0 Å². The molecule has 0 amide bonds. The standard InChI is InChI=1S/C20H28N4O2S2/c1-23-11-13-24(14-12-23)20-17-15-19(27-18(17)8-9-21-20)28(25,26)22-10-7-16-5-3-2-4-6-16/h5,8-9,15,22H,2-4,6-7,10-14H2,1H3. The molecule has 0 saturated carbocycles. The van der Waals surface area contributed by atoms with Crippen LogP contribution in [0.1, 0.15) is 32.1 Å². The largest absolute Gasteiger partial charge is 0.354 e. The van der Waals surface area contributed by atoms with Gasteiger partial charge in [-0.2, -0.15) is 0 Å². The van der Waals surface area contributed by atoms with E-state index in [2.05, 4.69) is 32.6 Å². The van der Waals surface area contributed by atoms with Crippen molar-refractivity contribution in [1.82, 2.24) is 14.6 Å². The minimum atomic E-state index is -3.49. The highest BCUT2D eigenvalue weighted by Crippen LogP contribution is 2.34. The molecule has 0 bridgehead atoms. The van der Waals surface area contributed by atoms with Crippen LogP contribution in [0, 0.1) is 0 Å². The van der Waals surface area contributed by atoms with E-state index >= 15 is 0 Å². The Hall–Kier alpha value is -1.48. The van der Waals surface area contributed by atoms with E-state index in [1.807, 2.05) is 6.07 Å². The summed E-state index contributed by atoms with van der Waals surface area (Å²) in [6, 6.07) is 3.70. The SMILES string of the molecule is CN1CCN(c2nccc3sc(S(=O)(=O)NCCC4=CCCCC4)cc23)CC1. The van der Waals surface area contributed by atoms with Gasteiger partial charge in [0.25, 0.3) is 0 Å². The predicted octanol–water partition coefficient (Wildman–Crippen LogP) is 3.22. The lowest BCUT2D eigenvalue weighted by Gasteiger charge is -2.33. The van der Waals surface area contributed by atoms with Gasteiger partial charge in [0.2, 0.25) is 10.0 Å². The number of hydrogen-bond acceptors (Lipinski definition) is 6. The summed E-state index contributed by atoms with van der Waals surface area (Å²) in [5, 5.41) is 0.937. The number of rotatable bonds is 6. The van der Waals surface area contributed by atoms with Crippen molar-refractivity contribution < 1.29 is 8.42 Å². The van der Waals surface area contributed by atoms with Gasteiger partial charge in [0.15, 0.2) is 0 Å². The van der Waals surface area contributed by atoms with Crippen LogP contribution in [0.25, 0.3) is 10.1 Å². The molecule has 3 heterocycles. The van der Waals surface area contributed by atoms with Crippen molar-refractivity contribution in [2.75, 3.05) is 44.7 Å². The average Bonchev–Trinajstić information content (AvgIpc) is 3.15. The summed E-state index contributed by atoms with van der Waals surface area (Å²) in [5.41, 5.74) is 1.38. The maximum Gasteiger partial charge on any atom is 0.250 e. The lowest BCUT2D eigenvalue weighted by molar-refractivity contribution is 0.312. The van der Waals surface area contributed by atoms with Crippen molar-refractivity contribution in [3.8, 4) is 0 Å². The number of piperazine rings is 1. The van der Waals surface area contributed by atoms with Gasteiger partial charge in [0.05, 0.1) is 0 Å². The van der Waals surface area contributed by atoms with Crippen molar-refractivity contribution in [2.24, 2.45) is 0 Å². The number of allylic oxidation sites excluding steroid dienone is 1. The Balaban J connectivity index is 1.50. The van der Waals surface area contributed by atoms with Crippen molar-refractivity contribution in [1.29, 1.82) is 0 Å². The quantitative estimate of drug-likeness (QED) is 0.727. The molecule has 1 N–H and O–H groups in total. The number of nitrogens with zero attached hydrogens (tertiary/aromatic N) is 3. The molecule has 0 radical (unpaired) electrons. The number of nitrogens with one attached hydrogen (secondary N) is 1. The van der Waals surface area contributed by atoms with Crippen molar-refractivity contribution in [3.05, 3.63) is 30.0 Å². The molecule has 2 aliphatic rings. The Bertz CT molecular complexity index is 960. The zero-order valence-corrected chi connectivity index (χ0v) is 18.0. The zero-order valence-electron chi connectivity index (χ0n) is 16.4. The number of aromatic nitrogens is 1. The van der Waals surface area contributed by atoms with Gasteiger partial charge < -0.3 is 9.80 Å². The Morgan fingerprint density at radius 1 is 1.21 bits per heavy atom. The van der Waals surface area contributed by atoms with Crippen LogP contribution in [0.15, 0.2) is 34.2 Å². The number of thiophene rings is 1. The second kappa shape index (κ2) is 8.49. The number of fused-ring (bicyclic) bond motifs is 1. The molecule has 0 atom stereocenters. The van der Waals surface area contributed by atoms with E-state index in [4.69, 9.17) is 0 Å². The van der Waals surface area contributed by atoms with Crippen LogP contribution in [-0.4, -0.2) is 58.1 Å². The maximum atomic E-state index is 12.8. The van der Waals surface area contributed by atoms with E-state index in [1.165, 1.54) is 29.8 Å². The molecule has 0 spiro atoms. The summed E-state index contributed by atoms with van der Waals surface area (Å²) in [4.78, 5) is 9.12. The molecular weight excluding hydrogens is 392 g/mol. The van der Waals surface area contributed by atoms with Gasteiger partial charge >= 0.3 is 0 Å². The van der Waals surface area contributed by atoms with Crippen LogP contribution in [0.3, 0.4) is 0 Å². The Morgan fingerprint density at radius 2 is 2.04 bits per heavy atom. The van der Waals surface area contributed by atoms with Crippen molar-refractivity contribution in [2.45, 2.75) is 36.3 Å². The normalized spacial score (nSPS) is 19.2. The van der Waals surface area contributed by atoms with Gasteiger partial charge in [-0.3, -0.25) is 0 Å². The lowest BCUT2D eigenvalue weighted by Crippen LogP contribution is -2.44. The van der Waals surface area contributed by atoms with Crippen LogP contribution < -0.4 is 9.62 Å². The van der Waals surface area contributed by atoms with Crippen LogP contribution >= 0.6 is 11.3 Å². The first-order chi connectivity index (χ1) is 13.5. The summed E-state index contributed by atoms with van der Waals surface area (Å²) >= 11 is 1.33. The molecule has 4 rings (SSSR count). The second-order valence-corrected chi connectivity index (χ2v) is 10.7. The summed E-state index contributed by atoms with van der Waals surface area (Å²) in [6.45, 7) is 4.27. The van der Waals surface area contributed by atoms with Gasteiger partial charge in [-0.1, -0.05) is 11.6 Å². The van der Waals surface area contributed by atoms with Gasteiger partial charge in [-0.05, 0) is 51.3 Å². The minimum Gasteiger partial charge on any atom is -0.354 e. The first kappa shape index (κ1) is 19.8. The highest BCUT2D eigenvalue weighted by Gasteiger charge is 2.22. The van der Waals surface area contributed by atoms with E-state index in [0.29, 0.717) is 10.8 Å². The molecule has 0 aromatic carbocycles. The summed E-state index contributed by atoms with van der Waals surface area (Å²) in [6.07, 6.45) is 9.55. The fourth-order valence-electron chi connectivity index (χ4n) is 3.88. The first-order valence-electron chi connectivity index (χ1n) is 10.0. The van der Waals surface area contributed by atoms with E-state index < -0.39 is 10.0 Å². The zero-order chi connectivity index (χ0) is 19.6. The monoisotopic (exact) mass is 420 g/mol. The maximum absolute atomic E-state index is 12.8.